The number of carboxylic acids is 1. The summed E-state index contributed by atoms with van der Waals surface area (Å²) < 4.78 is 13.9. The third kappa shape index (κ3) is 2.77. The van der Waals surface area contributed by atoms with Crippen molar-refractivity contribution in [2.75, 3.05) is 31.1 Å². The Kier molecular flexibility index (Phi) is 4.13. The average molecular weight is 346 g/mol. The van der Waals surface area contributed by atoms with Crippen molar-refractivity contribution < 1.29 is 19.1 Å². The minimum absolute atomic E-state index is 0.00668. The summed E-state index contributed by atoms with van der Waals surface area (Å²) in [6.45, 7) is 2.19. The molecule has 0 spiro atoms. The highest BCUT2D eigenvalue weighted by molar-refractivity contribution is 5.86. The maximum absolute atomic E-state index is 13.9. The van der Waals surface area contributed by atoms with Crippen LogP contribution >= 0.6 is 0 Å². The third-order valence-corrected chi connectivity index (χ3v) is 6.27. The maximum atomic E-state index is 13.9. The molecule has 25 heavy (non-hydrogen) atoms. The number of nitrogens with zero attached hydrogens (tertiary/aromatic N) is 2. The summed E-state index contributed by atoms with van der Waals surface area (Å²) in [7, 11) is 0. The van der Waals surface area contributed by atoms with Crippen LogP contribution < -0.4 is 4.90 Å². The van der Waals surface area contributed by atoms with E-state index in [1.165, 1.54) is 6.07 Å². The van der Waals surface area contributed by atoms with Gasteiger partial charge in [0.2, 0.25) is 5.91 Å². The van der Waals surface area contributed by atoms with Crippen molar-refractivity contribution >= 4 is 17.6 Å². The van der Waals surface area contributed by atoms with Crippen LogP contribution in [0.5, 0.6) is 0 Å². The Morgan fingerprint density at radius 3 is 2.28 bits per heavy atom. The predicted octanol–water partition coefficient (Wildman–Crippen LogP) is 2.22. The second-order valence-electron chi connectivity index (χ2n) is 7.49. The molecule has 1 aliphatic heterocycles. The van der Waals surface area contributed by atoms with Crippen LogP contribution in [0.2, 0.25) is 0 Å². The fourth-order valence-electron chi connectivity index (χ4n) is 5.09. The maximum Gasteiger partial charge on any atom is 0.307 e. The molecule has 134 valence electrons. The van der Waals surface area contributed by atoms with Gasteiger partial charge in [-0.2, -0.15) is 0 Å². The number of aliphatic carboxylic acids is 1. The van der Waals surface area contributed by atoms with Crippen molar-refractivity contribution in [3.05, 3.63) is 30.1 Å². The van der Waals surface area contributed by atoms with E-state index in [9.17, 15) is 19.1 Å². The number of fused-ring (bicyclic) bond motifs is 2. The van der Waals surface area contributed by atoms with Gasteiger partial charge in [0.15, 0.2) is 0 Å². The molecule has 1 aromatic rings. The Bertz CT molecular complexity index is 687. The molecule has 1 N–H and O–H groups in total. The summed E-state index contributed by atoms with van der Waals surface area (Å²) in [5.41, 5.74) is 0.568. The zero-order valence-corrected chi connectivity index (χ0v) is 14.1. The first-order valence-corrected chi connectivity index (χ1v) is 9.07. The van der Waals surface area contributed by atoms with Crippen LogP contribution in [0.3, 0.4) is 0 Å². The Labute approximate surface area is 146 Å². The van der Waals surface area contributed by atoms with Crippen molar-refractivity contribution in [3.8, 4) is 0 Å². The van der Waals surface area contributed by atoms with E-state index in [1.54, 1.807) is 17.0 Å². The highest BCUT2D eigenvalue weighted by atomic mass is 19.1. The number of anilines is 1. The van der Waals surface area contributed by atoms with Gasteiger partial charge < -0.3 is 14.9 Å². The molecule has 2 bridgehead atoms. The van der Waals surface area contributed by atoms with Gasteiger partial charge in [0, 0.05) is 26.2 Å². The fraction of sp³-hybridized carbons (Fsp3) is 0.579. The van der Waals surface area contributed by atoms with Crippen LogP contribution in [0.4, 0.5) is 10.1 Å². The number of carbonyl (C=O) groups is 2. The molecule has 3 fully saturated rings. The lowest BCUT2D eigenvalue weighted by Crippen LogP contribution is -2.52. The van der Waals surface area contributed by atoms with E-state index in [4.69, 9.17) is 0 Å². The zero-order valence-electron chi connectivity index (χ0n) is 14.1. The molecule has 4 atom stereocenters. The molecule has 2 aliphatic carbocycles. The molecule has 1 heterocycles. The number of piperazine rings is 1. The van der Waals surface area contributed by atoms with Crippen LogP contribution in [-0.4, -0.2) is 48.1 Å². The molecule has 5 nitrogen and oxygen atoms in total. The van der Waals surface area contributed by atoms with E-state index in [2.05, 4.69) is 0 Å². The summed E-state index contributed by atoms with van der Waals surface area (Å²) in [4.78, 5) is 28.4. The van der Waals surface area contributed by atoms with Gasteiger partial charge in [-0.1, -0.05) is 12.1 Å². The minimum atomic E-state index is -0.824. The molecule has 0 aromatic heterocycles. The largest absolute Gasteiger partial charge is 0.481 e. The van der Waals surface area contributed by atoms with Crippen LogP contribution in [0.25, 0.3) is 0 Å². The summed E-state index contributed by atoms with van der Waals surface area (Å²) in [6, 6.07) is 6.67. The van der Waals surface area contributed by atoms with Gasteiger partial charge in [0.05, 0.1) is 17.5 Å². The topological polar surface area (TPSA) is 60.9 Å². The number of carboxylic acid groups (broad SMARTS) is 1. The van der Waals surface area contributed by atoms with Crippen molar-refractivity contribution in [2.24, 2.45) is 23.7 Å². The monoisotopic (exact) mass is 346 g/mol. The zero-order chi connectivity index (χ0) is 17.6. The number of amides is 1. The molecule has 6 heteroatoms. The lowest BCUT2D eigenvalue weighted by Gasteiger charge is -2.39. The molecule has 1 aromatic carbocycles. The van der Waals surface area contributed by atoms with Gasteiger partial charge in [-0.05, 0) is 43.2 Å². The van der Waals surface area contributed by atoms with Crippen LogP contribution in [0, 0.1) is 29.5 Å². The first-order chi connectivity index (χ1) is 12.1. The van der Waals surface area contributed by atoms with Crippen molar-refractivity contribution in [1.29, 1.82) is 0 Å². The van der Waals surface area contributed by atoms with E-state index in [0.29, 0.717) is 31.9 Å². The number of rotatable bonds is 3. The molecule has 3 aliphatic rings. The van der Waals surface area contributed by atoms with Crippen molar-refractivity contribution in [3.63, 3.8) is 0 Å². The molecule has 0 unspecified atom stereocenters. The molecular weight excluding hydrogens is 323 g/mol. The lowest BCUT2D eigenvalue weighted by atomic mass is 9.78. The second kappa shape index (κ2) is 6.32. The lowest BCUT2D eigenvalue weighted by molar-refractivity contribution is -0.153. The number of halogens is 1. The molecule has 0 radical (unpaired) electrons. The average Bonchev–Trinajstić information content (AvgIpc) is 3.23. The smallest absolute Gasteiger partial charge is 0.307 e. The molecule has 4 rings (SSSR count). The standard InChI is InChI=1S/C19H23FN2O3/c20-14-3-1-2-4-15(14)21-7-9-22(10-8-21)18(23)16-12-5-6-13(11-12)17(16)19(24)25/h1-4,12-13,16-17H,5-11H2,(H,24,25)/t12-,13+,16-,17+/m1/s1. The molecular formula is C19H23FN2O3. The van der Waals surface area contributed by atoms with E-state index < -0.39 is 11.9 Å². The quantitative estimate of drug-likeness (QED) is 0.912. The SMILES string of the molecule is O=C(O)[C@H]1[C@H]2CC[C@H](C2)[C@H]1C(=O)N1CCN(c2ccccc2F)CC1. The normalized spacial score (nSPS) is 31.4. The molecule has 2 saturated carbocycles. The third-order valence-electron chi connectivity index (χ3n) is 6.27. The van der Waals surface area contributed by atoms with Gasteiger partial charge in [0.25, 0.3) is 0 Å². The van der Waals surface area contributed by atoms with Gasteiger partial charge in [-0.25, -0.2) is 4.39 Å². The van der Waals surface area contributed by atoms with Gasteiger partial charge in [-0.3, -0.25) is 9.59 Å². The van der Waals surface area contributed by atoms with Crippen LogP contribution in [0.1, 0.15) is 19.3 Å². The number of para-hydroxylation sites is 1. The van der Waals surface area contributed by atoms with E-state index in [0.717, 1.165) is 19.3 Å². The summed E-state index contributed by atoms with van der Waals surface area (Å²) in [5, 5.41) is 9.55. The number of hydrogen-bond acceptors (Lipinski definition) is 3. The first kappa shape index (κ1) is 16.4. The molecule has 1 amide bonds. The van der Waals surface area contributed by atoms with Crippen molar-refractivity contribution in [1.82, 2.24) is 4.90 Å². The minimum Gasteiger partial charge on any atom is -0.481 e. The Balaban J connectivity index is 1.43. The number of hydrogen-bond donors (Lipinski definition) is 1. The first-order valence-electron chi connectivity index (χ1n) is 9.07. The van der Waals surface area contributed by atoms with Crippen LogP contribution in [-0.2, 0) is 9.59 Å². The summed E-state index contributed by atoms with van der Waals surface area (Å²) >= 11 is 0. The highest BCUT2D eigenvalue weighted by Gasteiger charge is 2.54. The Morgan fingerprint density at radius 1 is 1.00 bits per heavy atom. The highest BCUT2D eigenvalue weighted by Crippen LogP contribution is 2.53. The van der Waals surface area contributed by atoms with Crippen molar-refractivity contribution in [2.45, 2.75) is 19.3 Å². The Hall–Kier alpha value is -2.11. The van der Waals surface area contributed by atoms with E-state index >= 15 is 0 Å². The number of carbonyl (C=O) groups excluding carboxylic acids is 1. The Morgan fingerprint density at radius 2 is 1.64 bits per heavy atom. The number of benzene rings is 1. The fourth-order valence-corrected chi connectivity index (χ4v) is 5.09. The van der Waals surface area contributed by atoms with Gasteiger partial charge in [0.1, 0.15) is 5.82 Å². The van der Waals surface area contributed by atoms with Crippen LogP contribution in [0.15, 0.2) is 24.3 Å². The van der Waals surface area contributed by atoms with Gasteiger partial charge in [-0.15, -0.1) is 0 Å². The van der Waals surface area contributed by atoms with Gasteiger partial charge >= 0.3 is 5.97 Å². The van der Waals surface area contributed by atoms with E-state index in [1.807, 2.05) is 11.0 Å². The summed E-state index contributed by atoms with van der Waals surface area (Å²) in [5.74, 6) is -1.57. The molecule has 1 saturated heterocycles. The summed E-state index contributed by atoms with van der Waals surface area (Å²) in [6.07, 6.45) is 2.79. The second-order valence-corrected chi connectivity index (χ2v) is 7.49. The van der Waals surface area contributed by atoms with E-state index in [-0.39, 0.29) is 29.5 Å². The predicted molar refractivity (Wildman–Crippen MR) is 90.6 cm³/mol.